The zero-order valence-electron chi connectivity index (χ0n) is 12.7. The van der Waals surface area contributed by atoms with Crippen LogP contribution in [-0.4, -0.2) is 19.3 Å². The molecule has 3 rings (SSSR count). The van der Waals surface area contributed by atoms with Crippen molar-refractivity contribution in [1.29, 1.82) is 0 Å². The first-order valence-electron chi connectivity index (χ1n) is 8.04. The van der Waals surface area contributed by atoms with E-state index in [4.69, 9.17) is 9.47 Å². The van der Waals surface area contributed by atoms with Crippen molar-refractivity contribution in [2.45, 2.75) is 51.6 Å². The molecule has 1 N–H and O–H groups in total. The Kier molecular flexibility index (Phi) is 5.07. The summed E-state index contributed by atoms with van der Waals surface area (Å²) in [6.45, 7) is 4.54. The molecule has 1 heterocycles. The van der Waals surface area contributed by atoms with Gasteiger partial charge in [-0.05, 0) is 58.8 Å². The molecule has 1 fully saturated rings. The number of halogens is 1. The summed E-state index contributed by atoms with van der Waals surface area (Å²) in [7, 11) is 0. The molecule has 0 saturated heterocycles. The highest BCUT2D eigenvalue weighted by molar-refractivity contribution is 9.10. The van der Waals surface area contributed by atoms with Gasteiger partial charge in [-0.1, -0.05) is 19.8 Å². The lowest BCUT2D eigenvalue weighted by Gasteiger charge is -2.21. The van der Waals surface area contributed by atoms with Crippen LogP contribution in [-0.2, 0) is 6.54 Å². The number of hydrogen-bond donors (Lipinski definition) is 1. The Bertz CT molecular complexity index is 492. The van der Waals surface area contributed by atoms with Crippen LogP contribution in [0.4, 0.5) is 0 Å². The van der Waals surface area contributed by atoms with Crippen LogP contribution < -0.4 is 14.8 Å². The van der Waals surface area contributed by atoms with Gasteiger partial charge >= 0.3 is 0 Å². The monoisotopic (exact) mass is 353 g/mol. The van der Waals surface area contributed by atoms with Crippen molar-refractivity contribution in [3.63, 3.8) is 0 Å². The topological polar surface area (TPSA) is 30.5 Å². The van der Waals surface area contributed by atoms with E-state index < -0.39 is 0 Å². The van der Waals surface area contributed by atoms with Gasteiger partial charge in [-0.2, -0.15) is 0 Å². The first-order chi connectivity index (χ1) is 10.2. The van der Waals surface area contributed by atoms with E-state index in [0.717, 1.165) is 28.4 Å². The zero-order valence-corrected chi connectivity index (χ0v) is 14.2. The Morgan fingerprint density at radius 1 is 1.14 bits per heavy atom. The molecule has 0 radical (unpaired) electrons. The molecule has 0 bridgehead atoms. The molecule has 2 aliphatic rings. The molecular formula is C17H24BrNO2. The van der Waals surface area contributed by atoms with Gasteiger partial charge < -0.3 is 14.8 Å². The molecule has 1 aliphatic carbocycles. The van der Waals surface area contributed by atoms with Crippen LogP contribution >= 0.6 is 15.9 Å². The molecule has 0 amide bonds. The summed E-state index contributed by atoms with van der Waals surface area (Å²) in [5.41, 5.74) is 1.25. The van der Waals surface area contributed by atoms with E-state index in [1.165, 1.54) is 37.7 Å². The fourth-order valence-electron chi connectivity index (χ4n) is 3.22. The third kappa shape index (κ3) is 3.92. The molecule has 21 heavy (non-hydrogen) atoms. The number of nitrogens with one attached hydrogen (secondary N) is 1. The molecule has 4 heteroatoms. The molecule has 1 aliphatic heterocycles. The highest BCUT2D eigenvalue weighted by Crippen LogP contribution is 2.38. The molecule has 1 saturated carbocycles. The van der Waals surface area contributed by atoms with Crippen LogP contribution in [0, 0.1) is 5.92 Å². The van der Waals surface area contributed by atoms with Crippen LogP contribution in [0.15, 0.2) is 16.6 Å². The Hall–Kier alpha value is -0.740. The highest BCUT2D eigenvalue weighted by Gasteiger charge is 2.18. The smallest absolute Gasteiger partial charge is 0.175 e. The van der Waals surface area contributed by atoms with Crippen molar-refractivity contribution in [2.24, 2.45) is 5.92 Å². The minimum atomic E-state index is 0.628. The molecular weight excluding hydrogens is 330 g/mol. The molecule has 1 aromatic carbocycles. The summed E-state index contributed by atoms with van der Waals surface area (Å²) in [6.07, 6.45) is 6.68. The summed E-state index contributed by atoms with van der Waals surface area (Å²) < 4.78 is 12.3. The summed E-state index contributed by atoms with van der Waals surface area (Å²) >= 11 is 3.59. The Morgan fingerprint density at radius 2 is 2.00 bits per heavy atom. The first-order valence-corrected chi connectivity index (χ1v) is 8.83. The van der Waals surface area contributed by atoms with Gasteiger partial charge in [0.2, 0.25) is 0 Å². The van der Waals surface area contributed by atoms with Crippen LogP contribution in [0.25, 0.3) is 0 Å². The van der Waals surface area contributed by atoms with Crippen molar-refractivity contribution < 1.29 is 9.47 Å². The van der Waals surface area contributed by atoms with Crippen LogP contribution in [0.3, 0.4) is 0 Å². The highest BCUT2D eigenvalue weighted by atomic mass is 79.9. The van der Waals surface area contributed by atoms with Gasteiger partial charge in [-0.3, -0.25) is 0 Å². The average Bonchev–Trinajstić information content (AvgIpc) is 2.70. The van der Waals surface area contributed by atoms with Gasteiger partial charge in [0.05, 0.1) is 4.47 Å². The molecule has 0 spiro atoms. The van der Waals surface area contributed by atoms with Gasteiger partial charge in [0, 0.05) is 12.6 Å². The second-order valence-corrected chi connectivity index (χ2v) is 7.15. The first kappa shape index (κ1) is 15.2. The minimum Gasteiger partial charge on any atom is -0.486 e. The van der Waals surface area contributed by atoms with Crippen molar-refractivity contribution in [1.82, 2.24) is 5.32 Å². The predicted octanol–water partition coefficient (Wildman–Crippen LogP) is 4.28. The molecule has 3 nitrogen and oxygen atoms in total. The van der Waals surface area contributed by atoms with Crippen molar-refractivity contribution in [2.75, 3.05) is 13.2 Å². The molecule has 2 unspecified atom stereocenters. The third-order valence-corrected chi connectivity index (χ3v) is 5.10. The van der Waals surface area contributed by atoms with Crippen LogP contribution in [0.1, 0.15) is 44.6 Å². The maximum absolute atomic E-state index is 5.69. The summed E-state index contributed by atoms with van der Waals surface area (Å²) in [5.74, 6) is 2.59. The van der Waals surface area contributed by atoms with E-state index in [1.807, 2.05) is 0 Å². The quantitative estimate of drug-likeness (QED) is 0.822. The minimum absolute atomic E-state index is 0.628. The lowest BCUT2D eigenvalue weighted by atomic mass is 10.0. The average molecular weight is 354 g/mol. The Morgan fingerprint density at radius 3 is 2.90 bits per heavy atom. The fraction of sp³-hybridized carbons (Fsp3) is 0.647. The van der Waals surface area contributed by atoms with Gasteiger partial charge in [0.25, 0.3) is 0 Å². The SMILES string of the molecule is CC1CCCC(NCc2cc(Br)c3c(c2)OCCO3)CC1. The second-order valence-electron chi connectivity index (χ2n) is 6.29. The molecule has 116 valence electrons. The summed E-state index contributed by atoms with van der Waals surface area (Å²) in [5, 5.41) is 3.72. The maximum Gasteiger partial charge on any atom is 0.175 e. The predicted molar refractivity (Wildman–Crippen MR) is 88.0 cm³/mol. The summed E-state index contributed by atoms with van der Waals surface area (Å²) in [6, 6.07) is 4.90. The van der Waals surface area contributed by atoms with E-state index in [1.54, 1.807) is 0 Å². The molecule has 2 atom stereocenters. The number of benzene rings is 1. The lowest BCUT2D eigenvalue weighted by Crippen LogP contribution is -2.28. The normalized spacial score (nSPS) is 25.4. The standard InChI is InChI=1S/C17H24BrNO2/c1-12-3-2-4-14(6-5-12)19-11-13-9-15(18)17-16(10-13)20-7-8-21-17/h9-10,12,14,19H,2-8,11H2,1H3. The van der Waals surface area contributed by atoms with Crippen LogP contribution in [0.5, 0.6) is 11.5 Å². The van der Waals surface area contributed by atoms with Gasteiger partial charge in [-0.25, -0.2) is 0 Å². The van der Waals surface area contributed by atoms with Gasteiger partial charge in [-0.15, -0.1) is 0 Å². The molecule has 1 aromatic rings. The second kappa shape index (κ2) is 7.01. The Balaban J connectivity index is 1.61. The van der Waals surface area contributed by atoms with E-state index >= 15 is 0 Å². The number of ether oxygens (including phenoxy) is 2. The number of fused-ring (bicyclic) bond motifs is 1. The van der Waals surface area contributed by atoms with E-state index in [2.05, 4.69) is 40.3 Å². The fourth-order valence-corrected chi connectivity index (χ4v) is 3.82. The van der Waals surface area contributed by atoms with Crippen LogP contribution in [0.2, 0.25) is 0 Å². The van der Waals surface area contributed by atoms with Crippen molar-refractivity contribution in [3.8, 4) is 11.5 Å². The molecule has 0 aromatic heterocycles. The van der Waals surface area contributed by atoms with Crippen molar-refractivity contribution >= 4 is 15.9 Å². The third-order valence-electron chi connectivity index (χ3n) is 4.51. The van der Waals surface area contributed by atoms with Gasteiger partial charge in [0.15, 0.2) is 11.5 Å². The van der Waals surface area contributed by atoms with E-state index in [-0.39, 0.29) is 0 Å². The van der Waals surface area contributed by atoms with E-state index in [0.29, 0.717) is 19.3 Å². The zero-order chi connectivity index (χ0) is 14.7. The summed E-state index contributed by atoms with van der Waals surface area (Å²) in [4.78, 5) is 0. The van der Waals surface area contributed by atoms with Gasteiger partial charge in [0.1, 0.15) is 13.2 Å². The maximum atomic E-state index is 5.69. The Labute approximate surface area is 135 Å². The largest absolute Gasteiger partial charge is 0.486 e. The van der Waals surface area contributed by atoms with Crippen molar-refractivity contribution in [3.05, 3.63) is 22.2 Å². The van der Waals surface area contributed by atoms with E-state index in [9.17, 15) is 0 Å². The number of rotatable bonds is 3. The number of hydrogen-bond acceptors (Lipinski definition) is 3. The lowest BCUT2D eigenvalue weighted by molar-refractivity contribution is 0.170.